The third-order valence-corrected chi connectivity index (χ3v) is 5.28. The predicted molar refractivity (Wildman–Crippen MR) is 75.1 cm³/mol. The van der Waals surface area contributed by atoms with Crippen molar-refractivity contribution in [2.24, 2.45) is 18.7 Å². The molecule has 1 aromatic rings. The van der Waals surface area contributed by atoms with E-state index < -0.39 is 10.0 Å². The number of hydrogen-bond donors (Lipinski definition) is 2. The summed E-state index contributed by atoms with van der Waals surface area (Å²) >= 11 is 0. The Balaban J connectivity index is 2.00. The van der Waals surface area contributed by atoms with Gasteiger partial charge in [-0.2, -0.15) is 0 Å². The van der Waals surface area contributed by atoms with Crippen molar-refractivity contribution in [3.05, 3.63) is 18.0 Å². The summed E-state index contributed by atoms with van der Waals surface area (Å²) in [6, 6.07) is 1.64. The van der Waals surface area contributed by atoms with Gasteiger partial charge in [-0.25, -0.2) is 13.1 Å². The average Bonchev–Trinajstić information content (AvgIpc) is 2.80. The van der Waals surface area contributed by atoms with E-state index in [1.54, 1.807) is 16.8 Å². The van der Waals surface area contributed by atoms with Crippen LogP contribution < -0.4 is 10.5 Å². The molecule has 1 heterocycles. The second-order valence-electron chi connectivity index (χ2n) is 5.34. The molecule has 3 N–H and O–H groups in total. The first-order valence-corrected chi connectivity index (χ1v) is 8.36. The van der Waals surface area contributed by atoms with E-state index in [1.165, 1.54) is 19.3 Å². The van der Waals surface area contributed by atoms with Crippen LogP contribution in [0.2, 0.25) is 0 Å². The minimum Gasteiger partial charge on any atom is -0.352 e. The van der Waals surface area contributed by atoms with Crippen LogP contribution in [0.5, 0.6) is 0 Å². The van der Waals surface area contributed by atoms with Crippen molar-refractivity contribution in [3.63, 3.8) is 0 Å². The fraction of sp³-hybridized carbons (Fsp3) is 0.692. The minimum absolute atomic E-state index is 0.311. The maximum Gasteiger partial charge on any atom is 0.242 e. The van der Waals surface area contributed by atoms with Gasteiger partial charge in [0.2, 0.25) is 10.0 Å². The van der Waals surface area contributed by atoms with Crippen LogP contribution in [0.1, 0.15) is 37.8 Å². The topological polar surface area (TPSA) is 77.1 Å². The number of hydrogen-bond acceptors (Lipinski definition) is 3. The molecule has 1 fully saturated rings. The van der Waals surface area contributed by atoms with Gasteiger partial charge >= 0.3 is 0 Å². The van der Waals surface area contributed by atoms with E-state index in [2.05, 4.69) is 4.72 Å². The molecule has 0 aliphatic heterocycles. The van der Waals surface area contributed by atoms with Crippen LogP contribution in [0.15, 0.2) is 17.2 Å². The van der Waals surface area contributed by atoms with Crippen molar-refractivity contribution >= 4 is 10.0 Å². The molecule has 0 saturated heterocycles. The molecule has 1 aliphatic rings. The number of rotatable bonds is 5. The van der Waals surface area contributed by atoms with Crippen LogP contribution in [0.4, 0.5) is 0 Å². The van der Waals surface area contributed by atoms with Crippen LogP contribution in [0, 0.1) is 5.92 Å². The lowest BCUT2D eigenvalue weighted by atomic mass is 9.90. The lowest BCUT2D eigenvalue weighted by Crippen LogP contribution is -2.30. The van der Waals surface area contributed by atoms with Gasteiger partial charge in [0, 0.05) is 32.0 Å². The van der Waals surface area contributed by atoms with Crippen molar-refractivity contribution in [1.29, 1.82) is 0 Å². The summed E-state index contributed by atoms with van der Waals surface area (Å²) < 4.78 is 28.9. The average molecular weight is 285 g/mol. The van der Waals surface area contributed by atoms with Crippen LogP contribution in [0.25, 0.3) is 0 Å². The third-order valence-electron chi connectivity index (χ3n) is 3.89. The smallest absolute Gasteiger partial charge is 0.242 e. The Bertz CT molecular complexity index is 516. The number of aryl methyl sites for hydroxylation is 1. The van der Waals surface area contributed by atoms with Crippen LogP contribution in [0.3, 0.4) is 0 Å². The first kappa shape index (κ1) is 14.6. The second kappa shape index (κ2) is 6.07. The molecule has 0 spiro atoms. The van der Waals surface area contributed by atoms with Gasteiger partial charge in [0.25, 0.3) is 0 Å². The zero-order valence-corrected chi connectivity index (χ0v) is 12.2. The first-order valence-electron chi connectivity index (χ1n) is 6.88. The molecule has 5 nitrogen and oxygen atoms in total. The Morgan fingerprint density at radius 3 is 2.63 bits per heavy atom. The molecule has 1 aromatic heterocycles. The number of nitrogens with zero attached hydrogens (tertiary/aromatic N) is 1. The fourth-order valence-electron chi connectivity index (χ4n) is 2.63. The van der Waals surface area contributed by atoms with E-state index in [1.807, 2.05) is 7.05 Å². The van der Waals surface area contributed by atoms with E-state index >= 15 is 0 Å². The van der Waals surface area contributed by atoms with Gasteiger partial charge in [-0.15, -0.1) is 0 Å². The molecular weight excluding hydrogens is 262 g/mol. The number of sulfonamides is 1. The molecule has 0 atom stereocenters. The lowest BCUT2D eigenvalue weighted by molar-refractivity contribution is 0.357. The number of nitrogens with one attached hydrogen (secondary N) is 1. The van der Waals surface area contributed by atoms with Gasteiger partial charge in [-0.1, -0.05) is 19.3 Å². The van der Waals surface area contributed by atoms with Crippen molar-refractivity contribution in [3.8, 4) is 0 Å². The van der Waals surface area contributed by atoms with Crippen molar-refractivity contribution < 1.29 is 8.42 Å². The van der Waals surface area contributed by atoms with Crippen LogP contribution in [-0.4, -0.2) is 19.5 Å². The Morgan fingerprint density at radius 1 is 1.37 bits per heavy atom. The standard InChI is InChI=1S/C13H23N3O2S/c1-16-10-13(7-12(16)8-14)19(17,18)15-9-11-5-3-2-4-6-11/h7,10-11,15H,2-6,8-9,14H2,1H3. The van der Waals surface area contributed by atoms with Crippen molar-refractivity contribution in [2.75, 3.05) is 6.54 Å². The molecule has 6 heteroatoms. The molecule has 108 valence electrons. The molecule has 0 amide bonds. The lowest BCUT2D eigenvalue weighted by Gasteiger charge is -2.21. The Kier molecular flexibility index (Phi) is 4.65. The van der Waals surface area contributed by atoms with Crippen LogP contribution >= 0.6 is 0 Å². The predicted octanol–water partition coefficient (Wildman–Crippen LogP) is 1.34. The summed E-state index contributed by atoms with van der Waals surface area (Å²) in [6.45, 7) is 0.893. The first-order chi connectivity index (χ1) is 9.03. The Hall–Kier alpha value is -0.850. The monoisotopic (exact) mass is 285 g/mol. The van der Waals surface area contributed by atoms with E-state index in [-0.39, 0.29) is 0 Å². The van der Waals surface area contributed by atoms with E-state index in [9.17, 15) is 8.42 Å². The molecule has 1 aliphatic carbocycles. The summed E-state index contributed by atoms with van der Waals surface area (Å²) in [5.41, 5.74) is 6.38. The van der Waals surface area contributed by atoms with E-state index in [4.69, 9.17) is 5.73 Å². The van der Waals surface area contributed by atoms with Crippen molar-refractivity contribution in [1.82, 2.24) is 9.29 Å². The van der Waals surface area contributed by atoms with Crippen molar-refractivity contribution in [2.45, 2.75) is 43.5 Å². The molecule has 0 bridgehead atoms. The van der Waals surface area contributed by atoms with Gasteiger partial charge in [0.15, 0.2) is 0 Å². The quantitative estimate of drug-likeness (QED) is 0.857. The van der Waals surface area contributed by atoms with E-state index in [0.29, 0.717) is 23.9 Å². The molecule has 0 radical (unpaired) electrons. The fourth-order valence-corrected chi connectivity index (χ4v) is 3.84. The highest BCUT2D eigenvalue weighted by Crippen LogP contribution is 2.23. The van der Waals surface area contributed by atoms with Gasteiger partial charge in [0.05, 0.1) is 4.90 Å². The van der Waals surface area contributed by atoms with Gasteiger partial charge in [-0.05, 0) is 24.8 Å². The Morgan fingerprint density at radius 2 is 2.05 bits per heavy atom. The zero-order chi connectivity index (χ0) is 13.9. The maximum atomic E-state index is 12.2. The van der Waals surface area contributed by atoms with Gasteiger partial charge in [-0.3, -0.25) is 0 Å². The molecule has 1 saturated carbocycles. The second-order valence-corrected chi connectivity index (χ2v) is 7.11. The largest absolute Gasteiger partial charge is 0.352 e. The summed E-state index contributed by atoms with van der Waals surface area (Å²) in [7, 11) is -1.59. The SMILES string of the molecule is Cn1cc(S(=O)(=O)NCC2CCCCC2)cc1CN. The zero-order valence-electron chi connectivity index (χ0n) is 11.4. The van der Waals surface area contributed by atoms with Crippen LogP contribution in [-0.2, 0) is 23.6 Å². The maximum absolute atomic E-state index is 12.2. The summed E-state index contributed by atoms with van der Waals surface area (Å²) in [5.74, 6) is 0.487. The molecule has 0 unspecified atom stereocenters. The third kappa shape index (κ3) is 3.58. The molecular formula is C13H23N3O2S. The summed E-state index contributed by atoms with van der Waals surface area (Å²) in [5, 5.41) is 0. The number of aromatic nitrogens is 1. The Labute approximate surface area is 115 Å². The van der Waals surface area contributed by atoms with Gasteiger partial charge in [0.1, 0.15) is 0 Å². The highest BCUT2D eigenvalue weighted by molar-refractivity contribution is 7.89. The highest BCUT2D eigenvalue weighted by Gasteiger charge is 2.20. The molecule has 19 heavy (non-hydrogen) atoms. The highest BCUT2D eigenvalue weighted by atomic mass is 32.2. The molecule has 0 aromatic carbocycles. The molecule has 2 rings (SSSR count). The summed E-state index contributed by atoms with van der Waals surface area (Å²) in [6.07, 6.45) is 7.59. The number of nitrogens with two attached hydrogens (primary N) is 1. The summed E-state index contributed by atoms with van der Waals surface area (Å²) in [4.78, 5) is 0.311. The minimum atomic E-state index is -3.40. The van der Waals surface area contributed by atoms with Gasteiger partial charge < -0.3 is 10.3 Å². The normalized spacial score (nSPS) is 17.8. The van der Waals surface area contributed by atoms with E-state index in [0.717, 1.165) is 18.5 Å².